The van der Waals surface area contributed by atoms with Crippen LogP contribution in [0, 0.1) is 5.92 Å². The number of amides is 1. The van der Waals surface area contributed by atoms with Crippen molar-refractivity contribution in [2.45, 2.75) is 36.4 Å². The van der Waals surface area contributed by atoms with E-state index < -0.39 is 6.04 Å². The van der Waals surface area contributed by atoms with E-state index in [1.54, 1.807) is 0 Å². The molecule has 0 aliphatic carbocycles. The van der Waals surface area contributed by atoms with Gasteiger partial charge in [-0.3, -0.25) is 9.89 Å². The number of rotatable bonds is 6. The monoisotopic (exact) mass is 305 g/mol. The standard InChI is InChI=1S/C14H19N5OS/c1-3-9(2)12(15)13(20)18-10-4-6-11(7-5-10)21-14-16-8-17-19-14/h4-9,12H,3,15H2,1-2H3,(H,18,20)(H,16,17,19). The van der Waals surface area contributed by atoms with Crippen molar-refractivity contribution in [1.29, 1.82) is 0 Å². The molecule has 2 atom stereocenters. The van der Waals surface area contributed by atoms with Gasteiger partial charge in [-0.25, -0.2) is 4.98 Å². The average Bonchev–Trinajstić information content (AvgIpc) is 3.00. The number of nitrogens with zero attached hydrogens (tertiary/aromatic N) is 2. The molecule has 0 saturated heterocycles. The Balaban J connectivity index is 1.94. The van der Waals surface area contributed by atoms with Gasteiger partial charge in [-0.05, 0) is 30.2 Å². The summed E-state index contributed by atoms with van der Waals surface area (Å²) in [5.41, 5.74) is 6.64. The highest BCUT2D eigenvalue weighted by molar-refractivity contribution is 7.99. The number of nitrogens with one attached hydrogen (secondary N) is 2. The number of aromatic amines is 1. The Morgan fingerprint density at radius 3 is 2.71 bits per heavy atom. The van der Waals surface area contributed by atoms with Crippen molar-refractivity contribution in [3.05, 3.63) is 30.6 Å². The second kappa shape index (κ2) is 7.24. The van der Waals surface area contributed by atoms with E-state index in [4.69, 9.17) is 5.73 Å². The Morgan fingerprint density at radius 1 is 1.43 bits per heavy atom. The second-order valence-corrected chi connectivity index (χ2v) is 5.88. The van der Waals surface area contributed by atoms with E-state index in [1.807, 2.05) is 38.1 Å². The van der Waals surface area contributed by atoms with E-state index in [0.717, 1.165) is 22.2 Å². The first-order valence-electron chi connectivity index (χ1n) is 6.80. The molecule has 0 saturated carbocycles. The molecule has 0 aliphatic heterocycles. The number of hydrogen-bond donors (Lipinski definition) is 3. The van der Waals surface area contributed by atoms with Gasteiger partial charge in [-0.2, -0.15) is 5.10 Å². The van der Waals surface area contributed by atoms with Crippen LogP contribution in [0.4, 0.5) is 5.69 Å². The van der Waals surface area contributed by atoms with Crippen LogP contribution in [0.2, 0.25) is 0 Å². The molecule has 6 nitrogen and oxygen atoms in total. The van der Waals surface area contributed by atoms with Crippen LogP contribution in [0.1, 0.15) is 20.3 Å². The normalized spacial score (nSPS) is 13.7. The van der Waals surface area contributed by atoms with Crippen molar-refractivity contribution in [1.82, 2.24) is 15.2 Å². The summed E-state index contributed by atoms with van der Waals surface area (Å²) in [5.74, 6) is 0.00580. The fourth-order valence-corrected chi connectivity index (χ4v) is 2.39. The van der Waals surface area contributed by atoms with E-state index in [2.05, 4.69) is 20.5 Å². The van der Waals surface area contributed by atoms with Crippen LogP contribution >= 0.6 is 11.8 Å². The van der Waals surface area contributed by atoms with Gasteiger partial charge in [0.25, 0.3) is 0 Å². The predicted octanol–water partition coefficient (Wildman–Crippen LogP) is 2.27. The maximum absolute atomic E-state index is 12.0. The van der Waals surface area contributed by atoms with Gasteiger partial charge in [0.1, 0.15) is 6.33 Å². The number of carbonyl (C=O) groups is 1. The highest BCUT2D eigenvalue weighted by atomic mass is 32.2. The van der Waals surface area contributed by atoms with Crippen LogP contribution in [-0.4, -0.2) is 27.1 Å². The summed E-state index contributed by atoms with van der Waals surface area (Å²) in [6, 6.07) is 7.04. The highest BCUT2D eigenvalue weighted by Gasteiger charge is 2.19. The van der Waals surface area contributed by atoms with Crippen LogP contribution in [-0.2, 0) is 4.79 Å². The summed E-state index contributed by atoms with van der Waals surface area (Å²) in [7, 11) is 0. The van der Waals surface area contributed by atoms with Crippen LogP contribution in [0.5, 0.6) is 0 Å². The number of benzene rings is 1. The molecule has 1 aromatic carbocycles. The van der Waals surface area contributed by atoms with Crippen molar-refractivity contribution < 1.29 is 4.79 Å². The number of anilines is 1. The quantitative estimate of drug-likeness (QED) is 0.760. The largest absolute Gasteiger partial charge is 0.325 e. The minimum atomic E-state index is -0.488. The topological polar surface area (TPSA) is 96.7 Å². The number of H-pyrrole nitrogens is 1. The Bertz CT molecular complexity index is 570. The molecule has 2 rings (SSSR count). The average molecular weight is 305 g/mol. The molecule has 2 aromatic rings. The third kappa shape index (κ3) is 4.30. The van der Waals surface area contributed by atoms with Crippen LogP contribution in [0.3, 0.4) is 0 Å². The second-order valence-electron chi connectivity index (χ2n) is 4.82. The van der Waals surface area contributed by atoms with Crippen LogP contribution < -0.4 is 11.1 Å². The fourth-order valence-electron chi connectivity index (χ4n) is 1.70. The number of carbonyl (C=O) groups excluding carboxylic acids is 1. The molecule has 0 aliphatic rings. The van der Waals surface area contributed by atoms with E-state index in [9.17, 15) is 4.79 Å². The third-order valence-corrected chi connectivity index (χ3v) is 4.19. The van der Waals surface area contributed by atoms with Crippen molar-refractivity contribution in [2.24, 2.45) is 11.7 Å². The number of hydrogen-bond acceptors (Lipinski definition) is 5. The molecule has 0 spiro atoms. The van der Waals surface area contributed by atoms with Gasteiger partial charge < -0.3 is 11.1 Å². The lowest BCUT2D eigenvalue weighted by atomic mass is 9.99. The minimum Gasteiger partial charge on any atom is -0.325 e. The minimum absolute atomic E-state index is 0.153. The first kappa shape index (κ1) is 15.5. The fraction of sp³-hybridized carbons (Fsp3) is 0.357. The number of nitrogens with two attached hydrogens (primary N) is 1. The van der Waals surface area contributed by atoms with Crippen LogP contribution in [0.25, 0.3) is 0 Å². The van der Waals surface area contributed by atoms with Gasteiger partial charge in [-0.1, -0.05) is 32.0 Å². The summed E-state index contributed by atoms with van der Waals surface area (Å²) in [4.78, 5) is 17.0. The van der Waals surface area contributed by atoms with Crippen molar-refractivity contribution in [2.75, 3.05) is 5.32 Å². The van der Waals surface area contributed by atoms with Gasteiger partial charge in [0.2, 0.25) is 5.91 Å². The van der Waals surface area contributed by atoms with Crippen molar-refractivity contribution in [3.63, 3.8) is 0 Å². The highest BCUT2D eigenvalue weighted by Crippen LogP contribution is 2.25. The van der Waals surface area contributed by atoms with Gasteiger partial charge in [0.05, 0.1) is 6.04 Å². The predicted molar refractivity (Wildman–Crippen MR) is 83.0 cm³/mol. The Kier molecular flexibility index (Phi) is 5.35. The Hall–Kier alpha value is -1.86. The van der Waals surface area contributed by atoms with E-state index in [-0.39, 0.29) is 11.8 Å². The summed E-state index contributed by atoms with van der Waals surface area (Å²) in [6.07, 6.45) is 2.34. The Morgan fingerprint density at radius 2 is 2.14 bits per heavy atom. The van der Waals surface area contributed by atoms with E-state index in [0.29, 0.717) is 0 Å². The zero-order valence-corrected chi connectivity index (χ0v) is 12.9. The molecule has 0 radical (unpaired) electrons. The molecule has 0 fully saturated rings. The van der Waals surface area contributed by atoms with Gasteiger partial charge in [0, 0.05) is 10.6 Å². The molecule has 1 aromatic heterocycles. The van der Waals surface area contributed by atoms with Gasteiger partial charge >= 0.3 is 0 Å². The smallest absolute Gasteiger partial charge is 0.241 e. The lowest BCUT2D eigenvalue weighted by molar-refractivity contribution is -0.118. The van der Waals surface area contributed by atoms with Gasteiger partial charge in [-0.15, -0.1) is 0 Å². The first-order chi connectivity index (χ1) is 10.1. The maximum Gasteiger partial charge on any atom is 0.241 e. The summed E-state index contributed by atoms with van der Waals surface area (Å²) in [5, 5.41) is 10.1. The lowest BCUT2D eigenvalue weighted by Gasteiger charge is -2.17. The summed E-state index contributed by atoms with van der Waals surface area (Å²) >= 11 is 1.47. The van der Waals surface area contributed by atoms with E-state index >= 15 is 0 Å². The zero-order chi connectivity index (χ0) is 15.2. The molecular formula is C14H19N5OS. The SMILES string of the molecule is CCC(C)C(N)C(=O)Nc1ccc(Sc2ncn[nH]2)cc1. The first-order valence-corrected chi connectivity index (χ1v) is 7.61. The third-order valence-electron chi connectivity index (χ3n) is 3.29. The van der Waals surface area contributed by atoms with Gasteiger partial charge in [0.15, 0.2) is 5.16 Å². The summed E-state index contributed by atoms with van der Waals surface area (Å²) < 4.78 is 0. The zero-order valence-electron chi connectivity index (χ0n) is 12.0. The maximum atomic E-state index is 12.0. The molecule has 1 amide bonds. The van der Waals surface area contributed by atoms with Crippen molar-refractivity contribution >= 4 is 23.4 Å². The molecule has 2 unspecified atom stereocenters. The van der Waals surface area contributed by atoms with Crippen LogP contribution in [0.15, 0.2) is 40.6 Å². The van der Waals surface area contributed by atoms with Crippen molar-refractivity contribution in [3.8, 4) is 0 Å². The molecule has 112 valence electrons. The lowest BCUT2D eigenvalue weighted by Crippen LogP contribution is -2.40. The molecule has 21 heavy (non-hydrogen) atoms. The number of aromatic nitrogens is 3. The Labute approximate surface area is 127 Å². The molecule has 0 bridgehead atoms. The molecule has 7 heteroatoms. The molecular weight excluding hydrogens is 286 g/mol. The summed E-state index contributed by atoms with van der Waals surface area (Å²) in [6.45, 7) is 3.99. The molecule has 4 N–H and O–H groups in total. The van der Waals surface area contributed by atoms with E-state index in [1.165, 1.54) is 18.1 Å². The molecule has 1 heterocycles.